The molecule has 96 valence electrons. The summed E-state index contributed by atoms with van der Waals surface area (Å²) < 4.78 is 0. The Bertz CT molecular complexity index is 331. The molecule has 0 radical (unpaired) electrons. The van der Waals surface area contributed by atoms with Gasteiger partial charge >= 0.3 is 0 Å². The number of hydrogen-bond donors (Lipinski definition) is 2. The van der Waals surface area contributed by atoms with Gasteiger partial charge in [-0.2, -0.15) is 0 Å². The number of aryl methyl sites for hydroxylation is 1. The van der Waals surface area contributed by atoms with Crippen molar-refractivity contribution in [1.82, 2.24) is 15.6 Å². The van der Waals surface area contributed by atoms with Gasteiger partial charge in [-0.05, 0) is 58.7 Å². The van der Waals surface area contributed by atoms with Gasteiger partial charge in [0.15, 0.2) is 0 Å². The molecular weight excluding hydrogens is 230 g/mol. The molecule has 1 aliphatic heterocycles. The lowest BCUT2D eigenvalue weighted by molar-refractivity contribution is 0.343. The summed E-state index contributed by atoms with van der Waals surface area (Å²) in [6, 6.07) is 0.399. The van der Waals surface area contributed by atoms with Gasteiger partial charge in [0.05, 0.1) is 6.04 Å². The first-order valence-corrected chi connectivity index (χ1v) is 7.44. The van der Waals surface area contributed by atoms with Crippen LogP contribution in [-0.2, 0) is 0 Å². The Hall–Kier alpha value is -0.450. The van der Waals surface area contributed by atoms with E-state index < -0.39 is 0 Å². The molecule has 1 aromatic rings. The lowest BCUT2D eigenvalue weighted by Gasteiger charge is -2.23. The molecule has 1 aromatic heterocycles. The number of hydrogen-bond acceptors (Lipinski definition) is 4. The average Bonchev–Trinajstić information content (AvgIpc) is 2.77. The van der Waals surface area contributed by atoms with Crippen LogP contribution in [0.5, 0.6) is 0 Å². The molecule has 3 nitrogen and oxygen atoms in total. The van der Waals surface area contributed by atoms with Crippen molar-refractivity contribution in [2.24, 2.45) is 5.92 Å². The lowest BCUT2D eigenvalue weighted by Crippen LogP contribution is -2.30. The molecule has 2 N–H and O–H groups in total. The van der Waals surface area contributed by atoms with Crippen LogP contribution in [0.25, 0.3) is 0 Å². The molecule has 0 amide bonds. The highest BCUT2D eigenvalue weighted by molar-refractivity contribution is 7.11. The Kier molecular flexibility index (Phi) is 4.95. The maximum Gasteiger partial charge on any atom is 0.109 e. The quantitative estimate of drug-likeness (QED) is 0.846. The average molecular weight is 253 g/mol. The number of nitrogens with zero attached hydrogens (tertiary/aromatic N) is 1. The largest absolute Gasteiger partial charge is 0.317 e. The second kappa shape index (κ2) is 6.47. The van der Waals surface area contributed by atoms with E-state index in [2.05, 4.69) is 29.5 Å². The third kappa shape index (κ3) is 4.05. The van der Waals surface area contributed by atoms with Gasteiger partial charge in [0.1, 0.15) is 5.01 Å². The molecule has 0 spiro atoms. The molecule has 1 atom stereocenters. The summed E-state index contributed by atoms with van der Waals surface area (Å²) >= 11 is 1.80. The van der Waals surface area contributed by atoms with E-state index in [9.17, 15) is 0 Å². The number of nitrogens with one attached hydrogen (secondary N) is 2. The molecule has 1 saturated heterocycles. The van der Waals surface area contributed by atoms with Crippen LogP contribution in [0.3, 0.4) is 0 Å². The number of piperidine rings is 1. The molecular formula is C13H23N3S. The van der Waals surface area contributed by atoms with Crippen LogP contribution in [0.4, 0.5) is 0 Å². The van der Waals surface area contributed by atoms with E-state index in [1.165, 1.54) is 42.2 Å². The minimum Gasteiger partial charge on any atom is -0.317 e. The second-order valence-electron chi connectivity index (χ2n) is 4.97. The van der Waals surface area contributed by atoms with E-state index in [4.69, 9.17) is 0 Å². The first-order valence-electron chi connectivity index (χ1n) is 6.62. The van der Waals surface area contributed by atoms with E-state index in [0.717, 1.165) is 12.5 Å². The third-order valence-electron chi connectivity index (χ3n) is 3.47. The highest BCUT2D eigenvalue weighted by Crippen LogP contribution is 2.20. The summed E-state index contributed by atoms with van der Waals surface area (Å²) in [6.45, 7) is 7.84. The van der Waals surface area contributed by atoms with Crippen LogP contribution in [0.2, 0.25) is 0 Å². The van der Waals surface area contributed by atoms with Gasteiger partial charge in [0.2, 0.25) is 0 Å². The topological polar surface area (TPSA) is 37.0 Å². The van der Waals surface area contributed by atoms with Gasteiger partial charge in [-0.1, -0.05) is 0 Å². The van der Waals surface area contributed by atoms with Crippen LogP contribution < -0.4 is 10.6 Å². The molecule has 0 aromatic carbocycles. The highest BCUT2D eigenvalue weighted by atomic mass is 32.1. The van der Waals surface area contributed by atoms with Gasteiger partial charge in [-0.25, -0.2) is 4.98 Å². The first kappa shape index (κ1) is 13.0. The molecule has 0 aliphatic carbocycles. The maximum absolute atomic E-state index is 4.43. The van der Waals surface area contributed by atoms with Crippen molar-refractivity contribution in [1.29, 1.82) is 0 Å². The molecule has 0 saturated carbocycles. The highest BCUT2D eigenvalue weighted by Gasteiger charge is 2.14. The number of thiazole rings is 1. The summed E-state index contributed by atoms with van der Waals surface area (Å²) in [5.74, 6) is 0.911. The predicted molar refractivity (Wildman–Crippen MR) is 73.5 cm³/mol. The summed E-state index contributed by atoms with van der Waals surface area (Å²) in [4.78, 5) is 5.73. The smallest absolute Gasteiger partial charge is 0.109 e. The monoisotopic (exact) mass is 253 g/mol. The van der Waals surface area contributed by atoms with Crippen LogP contribution in [-0.4, -0.2) is 24.6 Å². The van der Waals surface area contributed by atoms with E-state index in [-0.39, 0.29) is 0 Å². The second-order valence-corrected chi connectivity index (χ2v) is 6.23. The molecule has 2 heterocycles. The molecule has 4 heteroatoms. The number of aromatic nitrogens is 1. The fourth-order valence-corrected chi connectivity index (χ4v) is 3.13. The summed E-state index contributed by atoms with van der Waals surface area (Å²) in [6.07, 6.45) is 5.94. The van der Waals surface area contributed by atoms with Crippen molar-refractivity contribution < 1.29 is 0 Å². The van der Waals surface area contributed by atoms with Gasteiger partial charge in [0, 0.05) is 11.1 Å². The van der Waals surface area contributed by atoms with E-state index in [0.29, 0.717) is 6.04 Å². The Labute approximate surface area is 108 Å². The zero-order valence-corrected chi connectivity index (χ0v) is 11.6. The Morgan fingerprint density at radius 3 is 2.94 bits per heavy atom. The third-order valence-corrected chi connectivity index (χ3v) is 4.57. The zero-order valence-electron chi connectivity index (χ0n) is 10.8. The fraction of sp³-hybridized carbons (Fsp3) is 0.769. The van der Waals surface area contributed by atoms with E-state index >= 15 is 0 Å². The summed E-state index contributed by atoms with van der Waals surface area (Å²) in [5, 5.41) is 8.22. The Balaban J connectivity index is 1.67. The minimum absolute atomic E-state index is 0.399. The van der Waals surface area contributed by atoms with Crippen LogP contribution >= 0.6 is 11.3 Å². The first-order chi connectivity index (χ1) is 8.25. The van der Waals surface area contributed by atoms with E-state index in [1.807, 2.05) is 6.20 Å². The standard InChI is InChI=1S/C13H23N3S/c1-10-9-16-13(17-10)11(2)15-8-5-12-3-6-14-7-4-12/h9,11-12,14-15H,3-8H2,1-2H3. The maximum atomic E-state index is 4.43. The van der Waals surface area contributed by atoms with Crippen LogP contribution in [0.1, 0.15) is 42.1 Å². The van der Waals surface area contributed by atoms with Crippen molar-refractivity contribution >= 4 is 11.3 Å². The molecule has 1 aliphatic rings. The van der Waals surface area contributed by atoms with Gasteiger partial charge in [0.25, 0.3) is 0 Å². The normalized spacial score (nSPS) is 19.4. The van der Waals surface area contributed by atoms with E-state index in [1.54, 1.807) is 11.3 Å². The van der Waals surface area contributed by atoms with Gasteiger partial charge in [-0.3, -0.25) is 0 Å². The molecule has 2 rings (SSSR count). The minimum atomic E-state index is 0.399. The van der Waals surface area contributed by atoms with Gasteiger partial charge < -0.3 is 10.6 Å². The van der Waals surface area contributed by atoms with Crippen molar-refractivity contribution in [3.63, 3.8) is 0 Å². The van der Waals surface area contributed by atoms with Gasteiger partial charge in [-0.15, -0.1) is 11.3 Å². The molecule has 1 unspecified atom stereocenters. The lowest BCUT2D eigenvalue weighted by atomic mass is 9.95. The van der Waals surface area contributed by atoms with Crippen molar-refractivity contribution in [3.8, 4) is 0 Å². The van der Waals surface area contributed by atoms with Crippen LogP contribution in [0, 0.1) is 12.8 Å². The predicted octanol–water partition coefficient (Wildman–Crippen LogP) is 2.49. The van der Waals surface area contributed by atoms with Crippen molar-refractivity contribution in [3.05, 3.63) is 16.1 Å². The summed E-state index contributed by atoms with van der Waals surface area (Å²) in [5.41, 5.74) is 0. The Morgan fingerprint density at radius 1 is 1.53 bits per heavy atom. The van der Waals surface area contributed by atoms with Crippen molar-refractivity contribution in [2.45, 2.75) is 39.2 Å². The Morgan fingerprint density at radius 2 is 2.29 bits per heavy atom. The molecule has 0 bridgehead atoms. The molecule has 17 heavy (non-hydrogen) atoms. The fourth-order valence-electron chi connectivity index (χ4n) is 2.33. The van der Waals surface area contributed by atoms with Crippen molar-refractivity contribution in [2.75, 3.05) is 19.6 Å². The summed E-state index contributed by atoms with van der Waals surface area (Å²) in [7, 11) is 0. The van der Waals surface area contributed by atoms with Crippen LogP contribution in [0.15, 0.2) is 6.20 Å². The zero-order chi connectivity index (χ0) is 12.1. The number of rotatable bonds is 5. The SMILES string of the molecule is Cc1cnc(C(C)NCCC2CCNCC2)s1. The molecule has 1 fully saturated rings.